The summed E-state index contributed by atoms with van der Waals surface area (Å²) in [6, 6.07) is 14.4. The molecule has 5 rings (SSSR count). The van der Waals surface area contributed by atoms with E-state index in [0.29, 0.717) is 24.6 Å². The van der Waals surface area contributed by atoms with E-state index in [9.17, 15) is 31.1 Å². The Kier molecular flexibility index (Phi) is 6.17. The number of aliphatic hydroxyl groups excluding tert-OH is 1. The Hall–Kier alpha value is -3.15. The summed E-state index contributed by atoms with van der Waals surface area (Å²) in [5.41, 5.74) is 1.52. The number of benzene rings is 3. The van der Waals surface area contributed by atoms with E-state index < -0.39 is 40.3 Å². The lowest BCUT2D eigenvalue weighted by atomic mass is 9.88. The number of ether oxygens (including phenoxy) is 1. The summed E-state index contributed by atoms with van der Waals surface area (Å²) in [4.78, 5) is -0.251. The van der Waals surface area contributed by atoms with Crippen molar-refractivity contribution < 1.29 is 35.8 Å². The highest BCUT2D eigenvalue weighted by Crippen LogP contribution is 2.38. The minimum atomic E-state index is -4.89. The third-order valence-corrected chi connectivity index (χ3v) is 8.00. The SMILES string of the molecule is O=S(=O)(N[C@@H]1CCCC(n2c3ccccc3c3cc(F)ccc32)[C@H]1O)c1ccc(OC(F)(F)F)cc1. The van der Waals surface area contributed by atoms with Gasteiger partial charge in [0.25, 0.3) is 0 Å². The molecule has 1 aliphatic rings. The summed E-state index contributed by atoms with van der Waals surface area (Å²) in [7, 11) is -4.14. The zero-order chi connectivity index (χ0) is 25.7. The summed E-state index contributed by atoms with van der Waals surface area (Å²) in [6.45, 7) is 0. The van der Waals surface area contributed by atoms with Gasteiger partial charge < -0.3 is 14.4 Å². The lowest BCUT2D eigenvalue weighted by Gasteiger charge is -2.36. The Balaban J connectivity index is 1.44. The van der Waals surface area contributed by atoms with Crippen molar-refractivity contribution in [3.63, 3.8) is 0 Å². The number of hydrogen-bond donors (Lipinski definition) is 2. The van der Waals surface area contributed by atoms with E-state index in [4.69, 9.17) is 0 Å². The highest BCUT2D eigenvalue weighted by Gasteiger charge is 2.37. The maximum absolute atomic E-state index is 14.0. The quantitative estimate of drug-likeness (QED) is 0.350. The average molecular weight is 523 g/mol. The number of sulfonamides is 1. The predicted octanol–water partition coefficient (Wildman–Crippen LogP) is 5.27. The molecule has 1 aliphatic carbocycles. The van der Waals surface area contributed by atoms with Crippen LogP contribution in [0.2, 0.25) is 0 Å². The smallest absolute Gasteiger partial charge is 0.406 e. The van der Waals surface area contributed by atoms with Gasteiger partial charge in [0.15, 0.2) is 0 Å². The van der Waals surface area contributed by atoms with E-state index in [1.165, 1.54) is 12.1 Å². The van der Waals surface area contributed by atoms with Gasteiger partial charge in [-0.05, 0) is 67.8 Å². The van der Waals surface area contributed by atoms with Crippen LogP contribution in [-0.4, -0.2) is 36.6 Å². The molecule has 6 nitrogen and oxygen atoms in total. The molecule has 0 bridgehead atoms. The van der Waals surface area contributed by atoms with Gasteiger partial charge in [-0.1, -0.05) is 18.2 Å². The maximum Gasteiger partial charge on any atom is 0.573 e. The van der Waals surface area contributed by atoms with Gasteiger partial charge in [-0.3, -0.25) is 0 Å². The number of alkyl halides is 3. The lowest BCUT2D eigenvalue weighted by Crippen LogP contribution is -2.49. The van der Waals surface area contributed by atoms with Gasteiger partial charge in [-0.25, -0.2) is 17.5 Å². The van der Waals surface area contributed by atoms with Gasteiger partial charge >= 0.3 is 6.36 Å². The molecule has 2 N–H and O–H groups in total. The highest BCUT2D eigenvalue weighted by molar-refractivity contribution is 7.89. The topological polar surface area (TPSA) is 80.6 Å². The van der Waals surface area contributed by atoms with Crippen LogP contribution in [0.3, 0.4) is 0 Å². The fraction of sp³-hybridized carbons (Fsp3) is 0.280. The molecule has 0 amide bonds. The molecular weight excluding hydrogens is 500 g/mol. The molecular formula is C25H22F4N2O4S. The van der Waals surface area contributed by atoms with Crippen LogP contribution in [0.15, 0.2) is 71.6 Å². The van der Waals surface area contributed by atoms with Crippen LogP contribution in [0.1, 0.15) is 25.3 Å². The fourth-order valence-electron chi connectivity index (χ4n) is 4.99. The Labute approximate surface area is 204 Å². The highest BCUT2D eigenvalue weighted by atomic mass is 32.2. The maximum atomic E-state index is 14.0. The molecule has 1 heterocycles. The number of aromatic nitrogens is 1. The normalized spacial score (nSPS) is 21.2. The van der Waals surface area contributed by atoms with Crippen molar-refractivity contribution >= 4 is 31.8 Å². The van der Waals surface area contributed by atoms with Crippen molar-refractivity contribution in [3.8, 4) is 5.75 Å². The zero-order valence-corrected chi connectivity index (χ0v) is 19.6. The number of fused-ring (bicyclic) bond motifs is 3. The number of para-hydroxylation sites is 1. The summed E-state index contributed by atoms with van der Waals surface area (Å²) >= 11 is 0. The monoisotopic (exact) mass is 522 g/mol. The van der Waals surface area contributed by atoms with Crippen LogP contribution in [0.4, 0.5) is 17.6 Å². The Bertz CT molecular complexity index is 1520. The summed E-state index contributed by atoms with van der Waals surface area (Å²) in [5, 5.41) is 12.8. The van der Waals surface area contributed by atoms with Crippen LogP contribution in [0.25, 0.3) is 21.8 Å². The van der Waals surface area contributed by atoms with Gasteiger partial charge in [0.1, 0.15) is 11.6 Å². The largest absolute Gasteiger partial charge is 0.573 e. The second-order valence-electron chi connectivity index (χ2n) is 8.78. The molecule has 0 radical (unpaired) electrons. The molecule has 4 aromatic rings. The molecule has 1 aromatic heterocycles. The minimum absolute atomic E-state index is 0.251. The van der Waals surface area contributed by atoms with Crippen molar-refractivity contribution in [1.29, 1.82) is 0 Å². The standard InChI is InChI=1S/C25H22F4N2O4S/c26-15-8-13-22-19(14-15)18-4-1-2-6-21(18)31(22)23-7-3-5-20(24(23)32)30-36(33,34)17-11-9-16(10-12-17)35-25(27,28)29/h1-2,4,6,8-14,20,23-24,30,32H,3,5,7H2/t20-,23?,24+/m1/s1. The van der Waals surface area contributed by atoms with E-state index in [1.54, 1.807) is 6.07 Å². The molecule has 1 saturated carbocycles. The third kappa shape index (κ3) is 4.65. The molecule has 3 atom stereocenters. The van der Waals surface area contributed by atoms with Gasteiger partial charge in [-0.2, -0.15) is 0 Å². The molecule has 1 fully saturated rings. The second-order valence-corrected chi connectivity index (χ2v) is 10.5. The first kappa shape index (κ1) is 24.5. The fourth-order valence-corrected chi connectivity index (χ4v) is 6.27. The minimum Gasteiger partial charge on any atom is -0.406 e. The molecule has 0 spiro atoms. The number of rotatable bonds is 5. The summed E-state index contributed by atoms with van der Waals surface area (Å²) in [5.74, 6) is -0.922. The Morgan fingerprint density at radius 1 is 0.944 bits per heavy atom. The van der Waals surface area contributed by atoms with E-state index in [0.717, 1.165) is 40.7 Å². The first-order valence-electron chi connectivity index (χ1n) is 11.3. The first-order valence-corrected chi connectivity index (χ1v) is 12.8. The van der Waals surface area contributed by atoms with Crippen molar-refractivity contribution in [2.45, 2.75) is 48.7 Å². The molecule has 11 heteroatoms. The second kappa shape index (κ2) is 9.06. The van der Waals surface area contributed by atoms with E-state index in [-0.39, 0.29) is 10.7 Å². The summed E-state index contributed by atoms with van der Waals surface area (Å²) in [6.07, 6.45) is -4.43. The number of halogens is 4. The number of nitrogens with one attached hydrogen (secondary N) is 1. The predicted molar refractivity (Wildman–Crippen MR) is 126 cm³/mol. The van der Waals surface area contributed by atoms with E-state index in [1.807, 2.05) is 28.8 Å². The van der Waals surface area contributed by atoms with Crippen LogP contribution >= 0.6 is 0 Å². The van der Waals surface area contributed by atoms with Gasteiger partial charge in [0.05, 0.1) is 23.1 Å². The van der Waals surface area contributed by atoms with Crippen molar-refractivity contribution in [2.24, 2.45) is 0 Å². The molecule has 0 aliphatic heterocycles. The Morgan fingerprint density at radius 2 is 1.64 bits per heavy atom. The van der Waals surface area contributed by atoms with Crippen LogP contribution in [0, 0.1) is 5.82 Å². The van der Waals surface area contributed by atoms with E-state index >= 15 is 0 Å². The van der Waals surface area contributed by atoms with Crippen molar-refractivity contribution in [3.05, 3.63) is 72.5 Å². The van der Waals surface area contributed by atoms with Crippen molar-refractivity contribution in [2.75, 3.05) is 0 Å². The molecule has 36 heavy (non-hydrogen) atoms. The third-order valence-electron chi connectivity index (χ3n) is 6.50. The van der Waals surface area contributed by atoms with Gasteiger partial charge in [-0.15, -0.1) is 13.2 Å². The van der Waals surface area contributed by atoms with Gasteiger partial charge in [0, 0.05) is 21.8 Å². The average Bonchev–Trinajstić information content (AvgIpc) is 3.13. The number of aliphatic hydroxyl groups is 1. The summed E-state index contributed by atoms with van der Waals surface area (Å²) < 4.78 is 85.4. The van der Waals surface area contributed by atoms with Crippen LogP contribution in [0.5, 0.6) is 5.75 Å². The Morgan fingerprint density at radius 3 is 2.36 bits per heavy atom. The molecule has 190 valence electrons. The van der Waals surface area contributed by atoms with Gasteiger partial charge in [0.2, 0.25) is 10.0 Å². The first-order chi connectivity index (χ1) is 17.0. The van der Waals surface area contributed by atoms with Crippen molar-refractivity contribution in [1.82, 2.24) is 9.29 Å². The number of hydrogen-bond acceptors (Lipinski definition) is 4. The molecule has 1 unspecified atom stereocenters. The zero-order valence-electron chi connectivity index (χ0n) is 18.7. The van der Waals surface area contributed by atoms with E-state index in [2.05, 4.69) is 9.46 Å². The lowest BCUT2D eigenvalue weighted by molar-refractivity contribution is -0.274. The molecule has 3 aromatic carbocycles. The molecule has 0 saturated heterocycles. The van der Waals surface area contributed by atoms with Crippen LogP contribution < -0.4 is 9.46 Å². The van der Waals surface area contributed by atoms with Crippen LogP contribution in [-0.2, 0) is 10.0 Å². The number of nitrogens with zero attached hydrogens (tertiary/aromatic N) is 1.